The summed E-state index contributed by atoms with van der Waals surface area (Å²) in [6, 6.07) is 15.0. The number of benzene rings is 2. The summed E-state index contributed by atoms with van der Waals surface area (Å²) in [5.74, 6) is 0.0876. The molecular formula is C25H24FN5O2. The van der Waals surface area contributed by atoms with E-state index >= 15 is 0 Å². The second kappa shape index (κ2) is 10.5. The first-order valence-electron chi connectivity index (χ1n) is 10.7. The van der Waals surface area contributed by atoms with E-state index in [0.29, 0.717) is 49.8 Å². The Kier molecular flexibility index (Phi) is 7.04. The fraction of sp³-hybridized carbons (Fsp3) is 0.200. The molecule has 33 heavy (non-hydrogen) atoms. The zero-order valence-electron chi connectivity index (χ0n) is 18.0. The topological polar surface area (TPSA) is 78.4 Å². The first kappa shape index (κ1) is 22.1. The molecule has 4 rings (SSSR count). The summed E-state index contributed by atoms with van der Waals surface area (Å²) in [5.41, 5.74) is 2.11. The molecule has 2 heterocycles. The average molecular weight is 445 g/mol. The summed E-state index contributed by atoms with van der Waals surface area (Å²) in [5, 5.41) is 2.76. The van der Waals surface area contributed by atoms with Gasteiger partial charge in [-0.1, -0.05) is 24.3 Å². The minimum absolute atomic E-state index is 0.0680. The summed E-state index contributed by atoms with van der Waals surface area (Å²) >= 11 is 0. The molecular weight excluding hydrogens is 421 g/mol. The zero-order chi connectivity index (χ0) is 23.0. The van der Waals surface area contributed by atoms with Crippen molar-refractivity contribution in [3.8, 4) is 0 Å². The van der Waals surface area contributed by atoms with Gasteiger partial charge in [0.15, 0.2) is 0 Å². The number of aromatic nitrogens is 2. The third kappa shape index (κ3) is 6.22. The van der Waals surface area contributed by atoms with Gasteiger partial charge in [-0.25, -0.2) is 14.4 Å². The Balaban J connectivity index is 1.25. The van der Waals surface area contributed by atoms with E-state index in [-0.39, 0.29) is 17.6 Å². The molecule has 1 N–H and O–H groups in total. The van der Waals surface area contributed by atoms with Gasteiger partial charge in [-0.2, -0.15) is 0 Å². The van der Waals surface area contributed by atoms with Crippen molar-refractivity contribution >= 4 is 29.5 Å². The number of hydrogen-bond acceptors (Lipinski definition) is 5. The minimum atomic E-state index is -0.352. The van der Waals surface area contributed by atoms with Gasteiger partial charge in [0, 0.05) is 50.3 Å². The van der Waals surface area contributed by atoms with Gasteiger partial charge < -0.3 is 15.1 Å². The van der Waals surface area contributed by atoms with E-state index in [2.05, 4.69) is 20.2 Å². The number of rotatable bonds is 6. The van der Waals surface area contributed by atoms with Gasteiger partial charge in [-0.05, 0) is 47.5 Å². The normalized spacial score (nSPS) is 13.8. The van der Waals surface area contributed by atoms with Crippen molar-refractivity contribution in [1.82, 2.24) is 14.9 Å². The van der Waals surface area contributed by atoms with Crippen LogP contribution in [0.1, 0.15) is 11.1 Å². The second-order valence-electron chi connectivity index (χ2n) is 7.67. The number of nitrogens with zero attached hydrogens (tertiary/aromatic N) is 4. The van der Waals surface area contributed by atoms with Gasteiger partial charge in [0.2, 0.25) is 17.8 Å². The Morgan fingerprint density at radius 1 is 0.970 bits per heavy atom. The van der Waals surface area contributed by atoms with Crippen molar-refractivity contribution in [2.45, 2.75) is 6.42 Å². The van der Waals surface area contributed by atoms with Crippen LogP contribution in [0.3, 0.4) is 0 Å². The van der Waals surface area contributed by atoms with Crippen LogP contribution in [0.2, 0.25) is 0 Å². The molecule has 0 atom stereocenters. The molecule has 0 unspecified atom stereocenters. The van der Waals surface area contributed by atoms with E-state index in [0.717, 1.165) is 5.56 Å². The van der Waals surface area contributed by atoms with E-state index in [1.54, 1.807) is 48.8 Å². The zero-order valence-corrected chi connectivity index (χ0v) is 18.0. The number of carbonyl (C=O) groups excluding carboxylic acids is 2. The third-order valence-corrected chi connectivity index (χ3v) is 5.32. The highest BCUT2D eigenvalue weighted by molar-refractivity contribution is 6.01. The fourth-order valence-electron chi connectivity index (χ4n) is 3.57. The Bertz CT molecular complexity index is 1130. The molecule has 1 saturated heterocycles. The molecule has 0 aliphatic carbocycles. The van der Waals surface area contributed by atoms with Crippen LogP contribution in [0.15, 0.2) is 73.1 Å². The van der Waals surface area contributed by atoms with Crippen LogP contribution in [-0.4, -0.2) is 52.9 Å². The molecule has 0 spiro atoms. The van der Waals surface area contributed by atoms with Crippen molar-refractivity contribution in [3.63, 3.8) is 0 Å². The summed E-state index contributed by atoms with van der Waals surface area (Å²) in [7, 11) is 0. The summed E-state index contributed by atoms with van der Waals surface area (Å²) in [4.78, 5) is 37.2. The molecule has 1 aliphatic heterocycles. The van der Waals surface area contributed by atoms with Crippen LogP contribution in [0.4, 0.5) is 16.0 Å². The highest BCUT2D eigenvalue weighted by Crippen LogP contribution is 2.14. The lowest BCUT2D eigenvalue weighted by Gasteiger charge is -2.34. The summed E-state index contributed by atoms with van der Waals surface area (Å²) in [6.45, 7) is 2.65. The lowest BCUT2D eigenvalue weighted by molar-refractivity contribution is -0.130. The van der Waals surface area contributed by atoms with Crippen LogP contribution in [-0.2, 0) is 16.0 Å². The van der Waals surface area contributed by atoms with Crippen molar-refractivity contribution < 1.29 is 14.0 Å². The van der Waals surface area contributed by atoms with Gasteiger partial charge in [0.05, 0.1) is 6.42 Å². The predicted molar refractivity (Wildman–Crippen MR) is 125 cm³/mol. The fourth-order valence-corrected chi connectivity index (χ4v) is 3.57. The maximum absolute atomic E-state index is 13.2. The quantitative estimate of drug-likeness (QED) is 0.590. The Labute approximate surface area is 191 Å². The van der Waals surface area contributed by atoms with Crippen molar-refractivity contribution in [3.05, 3.63) is 90.0 Å². The molecule has 8 heteroatoms. The number of piperazine rings is 1. The van der Waals surface area contributed by atoms with E-state index in [9.17, 15) is 14.0 Å². The summed E-state index contributed by atoms with van der Waals surface area (Å²) in [6.07, 6.45) is 6.64. The van der Waals surface area contributed by atoms with Crippen LogP contribution in [0.5, 0.6) is 0 Å². The Hall–Kier alpha value is -4.07. The standard InChI is InChI=1S/C25H24FN5O2/c26-21-4-1-3-19(17-21)7-10-23(32)29-22-8-5-20(6-9-22)18-24(33)30-13-15-31(16-14-30)25-27-11-2-12-28-25/h1-12,17H,13-16,18H2,(H,29,32)/b10-7+. The van der Waals surface area contributed by atoms with E-state index in [1.807, 2.05) is 17.0 Å². The maximum atomic E-state index is 13.2. The molecule has 1 aromatic heterocycles. The van der Waals surface area contributed by atoms with Gasteiger partial charge in [0.25, 0.3) is 0 Å². The molecule has 0 saturated carbocycles. The van der Waals surface area contributed by atoms with Crippen LogP contribution < -0.4 is 10.2 Å². The third-order valence-electron chi connectivity index (χ3n) is 5.32. The van der Waals surface area contributed by atoms with Crippen LogP contribution in [0, 0.1) is 5.82 Å². The second-order valence-corrected chi connectivity index (χ2v) is 7.67. The summed E-state index contributed by atoms with van der Waals surface area (Å²) < 4.78 is 13.2. The number of nitrogens with one attached hydrogen (secondary N) is 1. The number of halogens is 1. The van der Waals surface area contributed by atoms with Crippen molar-refractivity contribution in [2.24, 2.45) is 0 Å². The van der Waals surface area contributed by atoms with Gasteiger partial charge in [0.1, 0.15) is 5.82 Å². The number of hydrogen-bond donors (Lipinski definition) is 1. The number of carbonyl (C=O) groups is 2. The first-order valence-corrected chi connectivity index (χ1v) is 10.7. The Morgan fingerprint density at radius 3 is 2.39 bits per heavy atom. The molecule has 2 amide bonds. The highest BCUT2D eigenvalue weighted by Gasteiger charge is 2.22. The lowest BCUT2D eigenvalue weighted by Crippen LogP contribution is -2.49. The molecule has 168 valence electrons. The van der Waals surface area contributed by atoms with Crippen molar-refractivity contribution in [1.29, 1.82) is 0 Å². The molecule has 3 aromatic rings. The SMILES string of the molecule is O=C(/C=C/c1cccc(F)c1)Nc1ccc(CC(=O)N2CCN(c3ncccn3)CC2)cc1. The first-order chi connectivity index (χ1) is 16.1. The largest absolute Gasteiger partial charge is 0.339 e. The molecule has 1 fully saturated rings. The number of anilines is 2. The molecule has 0 bridgehead atoms. The van der Waals surface area contributed by atoms with Crippen LogP contribution in [0.25, 0.3) is 6.08 Å². The van der Waals surface area contributed by atoms with E-state index in [4.69, 9.17) is 0 Å². The van der Waals surface area contributed by atoms with Crippen LogP contribution >= 0.6 is 0 Å². The van der Waals surface area contributed by atoms with Gasteiger partial charge >= 0.3 is 0 Å². The van der Waals surface area contributed by atoms with Gasteiger partial charge in [-0.15, -0.1) is 0 Å². The Morgan fingerprint density at radius 2 is 1.70 bits per heavy atom. The smallest absolute Gasteiger partial charge is 0.248 e. The van der Waals surface area contributed by atoms with Gasteiger partial charge in [-0.3, -0.25) is 9.59 Å². The van der Waals surface area contributed by atoms with Crippen molar-refractivity contribution in [2.75, 3.05) is 36.4 Å². The van der Waals surface area contributed by atoms with E-state index < -0.39 is 0 Å². The lowest BCUT2D eigenvalue weighted by atomic mass is 10.1. The molecule has 1 aliphatic rings. The predicted octanol–water partition coefficient (Wildman–Crippen LogP) is 3.16. The average Bonchev–Trinajstić information content (AvgIpc) is 2.85. The molecule has 7 nitrogen and oxygen atoms in total. The molecule has 2 aromatic carbocycles. The molecule has 0 radical (unpaired) electrons. The monoisotopic (exact) mass is 445 g/mol. The minimum Gasteiger partial charge on any atom is -0.339 e. The number of amides is 2. The maximum Gasteiger partial charge on any atom is 0.248 e. The van der Waals surface area contributed by atoms with E-state index in [1.165, 1.54) is 18.2 Å². The highest BCUT2D eigenvalue weighted by atomic mass is 19.1.